The van der Waals surface area contributed by atoms with E-state index in [1.54, 1.807) is 7.11 Å². The number of amides is 2. The lowest BCUT2D eigenvalue weighted by atomic mass is 9.80. The van der Waals surface area contributed by atoms with E-state index in [-0.39, 0.29) is 23.6 Å². The molecule has 0 aromatic carbocycles. The van der Waals surface area contributed by atoms with Crippen molar-refractivity contribution in [1.29, 1.82) is 0 Å². The van der Waals surface area contributed by atoms with Crippen LogP contribution in [-0.4, -0.2) is 42.4 Å². The lowest BCUT2D eigenvalue weighted by Crippen LogP contribution is -2.53. The van der Waals surface area contributed by atoms with Gasteiger partial charge in [0.1, 0.15) is 0 Å². The zero-order valence-electron chi connectivity index (χ0n) is 12.0. The number of hydrogen-bond donors (Lipinski definition) is 3. The van der Waals surface area contributed by atoms with Crippen LogP contribution in [0.15, 0.2) is 0 Å². The van der Waals surface area contributed by atoms with Crippen molar-refractivity contribution in [3.8, 4) is 0 Å². The molecular formula is C14H24N2O4. The van der Waals surface area contributed by atoms with Crippen molar-refractivity contribution in [2.75, 3.05) is 13.7 Å². The van der Waals surface area contributed by atoms with Crippen LogP contribution in [0, 0.1) is 5.92 Å². The van der Waals surface area contributed by atoms with Gasteiger partial charge in [-0.1, -0.05) is 6.42 Å². The first-order valence-electron chi connectivity index (χ1n) is 7.37. The number of methoxy groups -OCH3 is 1. The predicted molar refractivity (Wildman–Crippen MR) is 73.5 cm³/mol. The Balaban J connectivity index is 1.72. The Bertz CT molecular complexity index is 363. The highest BCUT2D eigenvalue weighted by Gasteiger charge is 2.37. The molecule has 3 N–H and O–H groups in total. The highest BCUT2D eigenvalue weighted by molar-refractivity contribution is 5.74. The largest absolute Gasteiger partial charge is 0.481 e. The van der Waals surface area contributed by atoms with Crippen LogP contribution in [0.3, 0.4) is 0 Å². The van der Waals surface area contributed by atoms with Crippen LogP contribution in [0.25, 0.3) is 0 Å². The van der Waals surface area contributed by atoms with E-state index in [0.717, 1.165) is 32.1 Å². The topological polar surface area (TPSA) is 87.7 Å². The molecule has 0 saturated heterocycles. The predicted octanol–water partition coefficient (Wildman–Crippen LogP) is 1.50. The molecule has 0 heterocycles. The van der Waals surface area contributed by atoms with Gasteiger partial charge >= 0.3 is 12.0 Å². The zero-order valence-corrected chi connectivity index (χ0v) is 12.0. The van der Waals surface area contributed by atoms with Gasteiger partial charge in [0, 0.05) is 19.7 Å². The minimum atomic E-state index is -0.760. The second kappa shape index (κ2) is 6.43. The molecule has 2 atom stereocenters. The standard InChI is InChI=1S/C14H24N2O4/c1-20-14(6-3-7-14)9-15-13(19)16-11-5-2-4-10(8-11)12(17)18/h10-11H,2-9H2,1H3,(H,17,18)(H2,15,16,19). The fourth-order valence-corrected chi connectivity index (χ4v) is 3.05. The van der Waals surface area contributed by atoms with Crippen molar-refractivity contribution in [1.82, 2.24) is 10.6 Å². The fourth-order valence-electron chi connectivity index (χ4n) is 3.05. The average molecular weight is 284 g/mol. The maximum absolute atomic E-state index is 11.9. The minimum absolute atomic E-state index is 0.0373. The third kappa shape index (κ3) is 3.62. The van der Waals surface area contributed by atoms with Gasteiger partial charge in [0.15, 0.2) is 0 Å². The average Bonchev–Trinajstić information content (AvgIpc) is 2.38. The molecule has 2 saturated carbocycles. The SMILES string of the molecule is COC1(CNC(=O)NC2CCCC(C(=O)O)C2)CCC1. The number of carbonyl (C=O) groups is 2. The Morgan fingerprint density at radius 3 is 2.60 bits per heavy atom. The fraction of sp³-hybridized carbons (Fsp3) is 0.857. The van der Waals surface area contributed by atoms with Crippen LogP contribution in [0.1, 0.15) is 44.9 Å². The quantitative estimate of drug-likeness (QED) is 0.714. The summed E-state index contributed by atoms with van der Waals surface area (Å²) in [7, 11) is 1.68. The number of ether oxygens (including phenoxy) is 1. The van der Waals surface area contributed by atoms with E-state index < -0.39 is 5.97 Å². The summed E-state index contributed by atoms with van der Waals surface area (Å²) in [5.41, 5.74) is -0.187. The first-order chi connectivity index (χ1) is 9.54. The van der Waals surface area contributed by atoms with Crippen molar-refractivity contribution < 1.29 is 19.4 Å². The molecule has 2 aliphatic rings. The summed E-state index contributed by atoms with van der Waals surface area (Å²) < 4.78 is 5.44. The number of nitrogens with one attached hydrogen (secondary N) is 2. The number of carboxylic acid groups (broad SMARTS) is 1. The molecule has 0 aliphatic heterocycles. The van der Waals surface area contributed by atoms with Gasteiger partial charge in [0.05, 0.1) is 11.5 Å². The summed E-state index contributed by atoms with van der Waals surface area (Å²) in [5, 5.41) is 14.8. The van der Waals surface area contributed by atoms with Crippen LogP contribution < -0.4 is 10.6 Å². The van der Waals surface area contributed by atoms with Crippen molar-refractivity contribution in [2.24, 2.45) is 5.92 Å². The number of carboxylic acids is 1. The van der Waals surface area contributed by atoms with Crippen LogP contribution in [0.2, 0.25) is 0 Å². The first-order valence-corrected chi connectivity index (χ1v) is 7.37. The Morgan fingerprint density at radius 1 is 1.30 bits per heavy atom. The molecular weight excluding hydrogens is 260 g/mol. The number of aliphatic carboxylic acids is 1. The van der Waals surface area contributed by atoms with E-state index in [0.29, 0.717) is 19.4 Å². The summed E-state index contributed by atoms with van der Waals surface area (Å²) in [6.45, 7) is 0.518. The van der Waals surface area contributed by atoms with E-state index >= 15 is 0 Å². The Hall–Kier alpha value is -1.30. The summed E-state index contributed by atoms with van der Waals surface area (Å²) in [6, 6.07) is -0.255. The van der Waals surface area contributed by atoms with Gasteiger partial charge in [-0.05, 0) is 38.5 Å². The maximum atomic E-state index is 11.9. The maximum Gasteiger partial charge on any atom is 0.315 e. The monoisotopic (exact) mass is 284 g/mol. The molecule has 2 aliphatic carbocycles. The molecule has 2 amide bonds. The Morgan fingerprint density at radius 2 is 2.05 bits per heavy atom. The van der Waals surface area contributed by atoms with Gasteiger partial charge in [0.25, 0.3) is 0 Å². The molecule has 0 radical (unpaired) electrons. The third-order valence-electron chi connectivity index (χ3n) is 4.63. The van der Waals surface area contributed by atoms with Gasteiger partial charge in [-0.2, -0.15) is 0 Å². The number of urea groups is 1. The highest BCUT2D eigenvalue weighted by atomic mass is 16.5. The third-order valence-corrected chi connectivity index (χ3v) is 4.63. The highest BCUT2D eigenvalue weighted by Crippen LogP contribution is 2.34. The Kier molecular flexibility index (Phi) is 4.86. The molecule has 6 nitrogen and oxygen atoms in total. The van der Waals surface area contributed by atoms with Gasteiger partial charge < -0.3 is 20.5 Å². The van der Waals surface area contributed by atoms with Crippen molar-refractivity contribution in [2.45, 2.75) is 56.6 Å². The van der Waals surface area contributed by atoms with Crippen LogP contribution in [0.5, 0.6) is 0 Å². The van der Waals surface area contributed by atoms with E-state index in [9.17, 15) is 9.59 Å². The van der Waals surface area contributed by atoms with Crippen molar-refractivity contribution in [3.63, 3.8) is 0 Å². The van der Waals surface area contributed by atoms with E-state index in [2.05, 4.69) is 10.6 Å². The summed E-state index contributed by atoms with van der Waals surface area (Å²) in [5.74, 6) is -1.09. The number of hydrogen-bond acceptors (Lipinski definition) is 3. The van der Waals surface area contributed by atoms with Gasteiger partial charge in [-0.3, -0.25) is 4.79 Å². The summed E-state index contributed by atoms with van der Waals surface area (Å²) in [6.07, 6.45) is 6.04. The lowest BCUT2D eigenvalue weighted by Gasteiger charge is -2.40. The van der Waals surface area contributed by atoms with E-state index in [1.165, 1.54) is 0 Å². The van der Waals surface area contributed by atoms with Crippen molar-refractivity contribution >= 4 is 12.0 Å². The van der Waals surface area contributed by atoms with Crippen molar-refractivity contribution in [3.05, 3.63) is 0 Å². The molecule has 114 valence electrons. The van der Waals surface area contributed by atoms with Gasteiger partial charge in [-0.15, -0.1) is 0 Å². The van der Waals surface area contributed by atoms with Crippen LogP contribution >= 0.6 is 0 Å². The lowest BCUT2D eigenvalue weighted by molar-refractivity contribution is -0.143. The molecule has 0 bridgehead atoms. The van der Waals surface area contributed by atoms with E-state index in [4.69, 9.17) is 9.84 Å². The first kappa shape index (κ1) is 15.1. The Labute approximate surface area is 119 Å². The molecule has 20 heavy (non-hydrogen) atoms. The van der Waals surface area contributed by atoms with Gasteiger partial charge in [0.2, 0.25) is 0 Å². The van der Waals surface area contributed by atoms with Crippen LogP contribution in [-0.2, 0) is 9.53 Å². The number of carbonyl (C=O) groups excluding carboxylic acids is 1. The number of rotatable bonds is 5. The molecule has 2 fully saturated rings. The molecule has 0 aromatic heterocycles. The molecule has 0 spiro atoms. The molecule has 2 unspecified atom stereocenters. The normalized spacial score (nSPS) is 28.2. The molecule has 2 rings (SSSR count). The minimum Gasteiger partial charge on any atom is -0.481 e. The summed E-state index contributed by atoms with van der Waals surface area (Å²) in [4.78, 5) is 22.8. The summed E-state index contributed by atoms with van der Waals surface area (Å²) >= 11 is 0. The van der Waals surface area contributed by atoms with Crippen LogP contribution in [0.4, 0.5) is 4.79 Å². The van der Waals surface area contributed by atoms with Gasteiger partial charge in [-0.25, -0.2) is 4.79 Å². The second-order valence-corrected chi connectivity index (χ2v) is 5.97. The zero-order chi connectivity index (χ0) is 14.6. The molecule has 6 heteroatoms. The second-order valence-electron chi connectivity index (χ2n) is 5.97. The smallest absolute Gasteiger partial charge is 0.315 e. The van der Waals surface area contributed by atoms with E-state index in [1.807, 2.05) is 0 Å². The molecule has 0 aromatic rings.